The molecule has 0 amide bonds. The molecular weight excluding hydrogens is 408 g/mol. The first-order valence-corrected chi connectivity index (χ1v) is 9.39. The van der Waals surface area contributed by atoms with Crippen LogP contribution in [0.15, 0.2) is 40.8 Å². The minimum atomic E-state index is -1.16. The molecule has 31 heavy (non-hydrogen) atoms. The Morgan fingerprint density at radius 3 is 2.32 bits per heavy atom. The lowest BCUT2D eigenvalue weighted by atomic mass is 9.84. The maximum atomic E-state index is 11.8. The Morgan fingerprint density at radius 1 is 1.06 bits per heavy atom. The van der Waals surface area contributed by atoms with Crippen LogP contribution in [-0.4, -0.2) is 51.9 Å². The first-order valence-electron chi connectivity index (χ1n) is 9.39. The molecule has 0 saturated heterocycles. The van der Waals surface area contributed by atoms with Gasteiger partial charge in [0.1, 0.15) is 18.9 Å². The average molecular weight is 428 g/mol. The van der Waals surface area contributed by atoms with E-state index in [2.05, 4.69) is 25.0 Å². The number of esters is 2. The first-order chi connectivity index (χ1) is 14.9. The average Bonchev–Trinajstić information content (AvgIpc) is 3.13. The molecule has 5 atom stereocenters. The van der Waals surface area contributed by atoms with Crippen LogP contribution >= 0.6 is 0 Å². The number of hydrogen-bond acceptors (Lipinski definition) is 8. The van der Waals surface area contributed by atoms with Crippen molar-refractivity contribution in [2.24, 2.45) is 10.2 Å². The number of carbonyl (C=O) groups excluding carboxylic acids is 2. The maximum Gasteiger partial charge on any atom is 0.303 e. The number of imidazole rings is 1. The summed E-state index contributed by atoms with van der Waals surface area (Å²) in [5, 5.41) is 7.40. The van der Waals surface area contributed by atoms with Gasteiger partial charge in [-0.1, -0.05) is 22.4 Å². The van der Waals surface area contributed by atoms with Crippen molar-refractivity contribution in [1.29, 1.82) is 0 Å². The monoisotopic (exact) mass is 428 g/mol. The number of nitrogens with zero attached hydrogens (tertiary/aromatic N) is 8. The smallest absolute Gasteiger partial charge is 0.303 e. The van der Waals surface area contributed by atoms with Gasteiger partial charge in [0, 0.05) is 23.7 Å². The molecule has 0 radical (unpaired) electrons. The standard InChI is InChI=1S/C18H20N8O5/c1-10(27)30-17-14(23-25-20)7-13(22-24-19)16(18(17)31-11(2)28)29-9-26-8-21-12-5-3-4-6-15(12)26/h3-6,8,13-14,16-18H,7,9H2,1-2H3/t13-,14+,16+,17-,18-/m0/s1. The first kappa shape index (κ1) is 21.9. The van der Waals surface area contributed by atoms with Gasteiger partial charge in [0.2, 0.25) is 0 Å². The molecule has 0 aliphatic heterocycles. The SMILES string of the molecule is CC(=O)O[C@@H]1[C@@H](OC(C)=O)[C@H](N=[N+]=[N-])C[C@H](N=[N+]=[N-])[C@H]1OCn1cnc2ccccc21. The maximum absolute atomic E-state index is 11.8. The largest absolute Gasteiger partial charge is 0.458 e. The van der Waals surface area contributed by atoms with Gasteiger partial charge in [-0.3, -0.25) is 9.59 Å². The van der Waals surface area contributed by atoms with E-state index in [1.807, 2.05) is 24.3 Å². The van der Waals surface area contributed by atoms with Crippen molar-refractivity contribution in [2.75, 3.05) is 0 Å². The Bertz CT molecular complexity index is 1060. The van der Waals surface area contributed by atoms with Crippen LogP contribution in [0, 0.1) is 0 Å². The molecule has 0 bridgehead atoms. The summed E-state index contributed by atoms with van der Waals surface area (Å²) in [6.45, 7) is 2.37. The summed E-state index contributed by atoms with van der Waals surface area (Å²) in [6.07, 6.45) is -1.60. The number of azide groups is 2. The van der Waals surface area contributed by atoms with E-state index in [9.17, 15) is 9.59 Å². The number of para-hydroxylation sites is 2. The predicted molar refractivity (Wildman–Crippen MR) is 106 cm³/mol. The molecule has 0 unspecified atom stereocenters. The van der Waals surface area contributed by atoms with Gasteiger partial charge >= 0.3 is 11.9 Å². The molecule has 1 aromatic heterocycles. The third kappa shape index (κ3) is 5.04. The molecule has 1 aliphatic carbocycles. The Labute approximate surface area is 176 Å². The molecule has 1 heterocycles. The second-order valence-corrected chi connectivity index (χ2v) is 6.89. The Balaban J connectivity index is 1.94. The molecule has 1 fully saturated rings. The van der Waals surface area contributed by atoms with E-state index in [1.54, 1.807) is 10.9 Å². The molecule has 13 heteroatoms. The minimum Gasteiger partial charge on any atom is -0.458 e. The van der Waals surface area contributed by atoms with Crippen molar-refractivity contribution in [3.05, 3.63) is 51.5 Å². The van der Waals surface area contributed by atoms with Gasteiger partial charge in [-0.15, -0.1) is 0 Å². The predicted octanol–water partition coefficient (Wildman–Crippen LogP) is 3.00. The van der Waals surface area contributed by atoms with Crippen molar-refractivity contribution in [3.8, 4) is 0 Å². The van der Waals surface area contributed by atoms with E-state index in [0.29, 0.717) is 0 Å². The molecule has 162 valence electrons. The summed E-state index contributed by atoms with van der Waals surface area (Å²) >= 11 is 0. The zero-order valence-corrected chi connectivity index (χ0v) is 16.8. The minimum absolute atomic E-state index is 0.000626. The van der Waals surface area contributed by atoms with Crippen molar-refractivity contribution in [2.45, 2.75) is 57.4 Å². The zero-order valence-electron chi connectivity index (χ0n) is 16.8. The fraction of sp³-hybridized carbons (Fsp3) is 0.500. The Morgan fingerprint density at radius 2 is 1.68 bits per heavy atom. The normalized spacial score (nSPS) is 25.2. The quantitative estimate of drug-likeness (QED) is 0.283. The third-order valence-electron chi connectivity index (χ3n) is 4.83. The summed E-state index contributed by atoms with van der Waals surface area (Å²) < 4.78 is 18.5. The van der Waals surface area contributed by atoms with E-state index in [4.69, 9.17) is 25.3 Å². The van der Waals surface area contributed by atoms with Crippen LogP contribution in [0.3, 0.4) is 0 Å². The van der Waals surface area contributed by atoms with Crippen molar-refractivity contribution < 1.29 is 23.8 Å². The van der Waals surface area contributed by atoms with E-state index < -0.39 is 42.3 Å². The lowest BCUT2D eigenvalue weighted by Crippen LogP contribution is -2.58. The number of rotatable bonds is 7. The molecule has 1 saturated carbocycles. The number of ether oxygens (including phenoxy) is 3. The van der Waals surface area contributed by atoms with Crippen LogP contribution in [0.5, 0.6) is 0 Å². The highest BCUT2D eigenvalue weighted by Gasteiger charge is 2.49. The summed E-state index contributed by atoms with van der Waals surface area (Å²) in [5.74, 6) is -1.31. The third-order valence-corrected chi connectivity index (χ3v) is 4.83. The second-order valence-electron chi connectivity index (χ2n) is 6.89. The van der Waals surface area contributed by atoms with Crippen LogP contribution in [0.2, 0.25) is 0 Å². The number of carbonyl (C=O) groups is 2. The van der Waals surface area contributed by atoms with Crippen LogP contribution in [-0.2, 0) is 30.5 Å². The highest BCUT2D eigenvalue weighted by Crippen LogP contribution is 2.32. The highest BCUT2D eigenvalue weighted by atomic mass is 16.6. The Hall–Kier alpha value is -3.79. The van der Waals surface area contributed by atoms with E-state index in [0.717, 1.165) is 11.0 Å². The number of benzene rings is 1. The molecule has 3 rings (SSSR count). The van der Waals surface area contributed by atoms with Gasteiger partial charge in [-0.25, -0.2) is 4.98 Å². The lowest BCUT2D eigenvalue weighted by Gasteiger charge is -2.42. The fourth-order valence-electron chi connectivity index (χ4n) is 3.65. The van der Waals surface area contributed by atoms with E-state index >= 15 is 0 Å². The lowest BCUT2D eigenvalue weighted by molar-refractivity contribution is -0.194. The van der Waals surface area contributed by atoms with Gasteiger partial charge in [-0.2, -0.15) is 0 Å². The topological polar surface area (TPSA) is 177 Å². The van der Waals surface area contributed by atoms with Gasteiger partial charge in [0.15, 0.2) is 6.10 Å². The van der Waals surface area contributed by atoms with Gasteiger partial charge in [-0.05, 0) is 29.6 Å². The van der Waals surface area contributed by atoms with Crippen LogP contribution in [0.25, 0.3) is 31.9 Å². The number of hydrogen-bond donors (Lipinski definition) is 0. The van der Waals surface area contributed by atoms with Crippen molar-refractivity contribution >= 4 is 23.0 Å². The van der Waals surface area contributed by atoms with Gasteiger partial charge in [0.05, 0.1) is 29.4 Å². The molecule has 1 aromatic carbocycles. The molecule has 1 aliphatic rings. The number of aromatic nitrogens is 2. The number of fused-ring (bicyclic) bond motifs is 1. The fourth-order valence-corrected chi connectivity index (χ4v) is 3.65. The summed E-state index contributed by atoms with van der Waals surface area (Å²) in [4.78, 5) is 33.4. The molecule has 13 nitrogen and oxygen atoms in total. The van der Waals surface area contributed by atoms with Crippen LogP contribution in [0.1, 0.15) is 20.3 Å². The summed E-state index contributed by atoms with van der Waals surface area (Å²) in [5.41, 5.74) is 19.5. The summed E-state index contributed by atoms with van der Waals surface area (Å²) in [7, 11) is 0. The zero-order chi connectivity index (χ0) is 22.4. The van der Waals surface area contributed by atoms with Gasteiger partial charge in [0.25, 0.3) is 0 Å². The molecular formula is C18H20N8O5. The Kier molecular flexibility index (Phi) is 6.93. The molecule has 0 spiro atoms. The van der Waals surface area contributed by atoms with Crippen molar-refractivity contribution in [1.82, 2.24) is 9.55 Å². The molecule has 2 aromatic rings. The van der Waals surface area contributed by atoms with Crippen molar-refractivity contribution in [3.63, 3.8) is 0 Å². The highest BCUT2D eigenvalue weighted by molar-refractivity contribution is 5.74. The van der Waals surface area contributed by atoms with E-state index in [1.165, 1.54) is 13.8 Å². The molecule has 0 N–H and O–H groups in total. The van der Waals surface area contributed by atoms with Crippen LogP contribution in [0.4, 0.5) is 0 Å². The van der Waals surface area contributed by atoms with E-state index in [-0.39, 0.29) is 13.2 Å². The van der Waals surface area contributed by atoms with Gasteiger partial charge < -0.3 is 18.8 Å². The van der Waals surface area contributed by atoms with Crippen LogP contribution < -0.4 is 0 Å². The second kappa shape index (κ2) is 9.81. The summed E-state index contributed by atoms with van der Waals surface area (Å²) in [6, 6.07) is 5.66.